The van der Waals surface area contributed by atoms with E-state index in [1.54, 1.807) is 6.20 Å². The van der Waals surface area contributed by atoms with Crippen LogP contribution >= 0.6 is 11.6 Å². The number of hydrogen-bond donors (Lipinski definition) is 0. The largest absolute Gasteiger partial charge is 0.469 e. The molecule has 4 rings (SSSR count). The fraction of sp³-hybridized carbons (Fsp3) is 0.318. The van der Waals surface area contributed by atoms with Gasteiger partial charge in [0.15, 0.2) is 5.82 Å². The topological polar surface area (TPSA) is 82.3 Å². The van der Waals surface area contributed by atoms with Gasteiger partial charge in [0.05, 0.1) is 24.2 Å². The maximum atomic E-state index is 11.8. The fourth-order valence-electron chi connectivity index (χ4n) is 3.58. The molecular formula is C22H22ClN5O2. The lowest BCUT2D eigenvalue weighted by molar-refractivity contribution is -0.140. The van der Waals surface area contributed by atoms with Gasteiger partial charge in [-0.2, -0.15) is 0 Å². The van der Waals surface area contributed by atoms with Crippen LogP contribution in [0, 0.1) is 0 Å². The van der Waals surface area contributed by atoms with E-state index in [1.165, 1.54) is 7.11 Å². The monoisotopic (exact) mass is 423 g/mol. The summed E-state index contributed by atoms with van der Waals surface area (Å²) in [6, 6.07) is 11.0. The number of aliphatic imine (C=N–C) groups is 1. The van der Waals surface area contributed by atoms with Crippen LogP contribution in [0.3, 0.4) is 0 Å². The van der Waals surface area contributed by atoms with E-state index in [0.717, 1.165) is 22.8 Å². The number of ether oxygens (including phenoxy) is 1. The molecule has 1 aliphatic rings. The molecule has 3 aromatic rings. The lowest BCUT2D eigenvalue weighted by Gasteiger charge is -2.15. The van der Waals surface area contributed by atoms with Gasteiger partial charge < -0.3 is 4.74 Å². The highest BCUT2D eigenvalue weighted by atomic mass is 35.5. The van der Waals surface area contributed by atoms with Gasteiger partial charge in [-0.1, -0.05) is 31.5 Å². The second kappa shape index (κ2) is 8.36. The SMILES string of the molecule is COC(=O)CCC1N=C(c2ccccn2)c2cc(Cl)ccc2-n2c(C(C)C)nnc21. The molecule has 0 spiro atoms. The molecule has 8 heteroatoms. The van der Waals surface area contributed by atoms with Gasteiger partial charge in [0, 0.05) is 29.1 Å². The van der Waals surface area contributed by atoms with Gasteiger partial charge >= 0.3 is 5.97 Å². The van der Waals surface area contributed by atoms with Crippen molar-refractivity contribution in [1.29, 1.82) is 0 Å². The van der Waals surface area contributed by atoms with Gasteiger partial charge in [-0.05, 0) is 36.8 Å². The maximum absolute atomic E-state index is 11.8. The molecule has 0 radical (unpaired) electrons. The number of rotatable bonds is 5. The summed E-state index contributed by atoms with van der Waals surface area (Å²) in [6.45, 7) is 4.14. The summed E-state index contributed by atoms with van der Waals surface area (Å²) in [7, 11) is 1.38. The van der Waals surface area contributed by atoms with Gasteiger partial charge in [-0.15, -0.1) is 10.2 Å². The predicted molar refractivity (Wildman–Crippen MR) is 114 cm³/mol. The number of hydrogen-bond acceptors (Lipinski definition) is 6. The number of carbonyl (C=O) groups excluding carboxylic acids is 1. The van der Waals surface area contributed by atoms with Crippen molar-refractivity contribution >= 4 is 23.3 Å². The number of esters is 1. The lowest BCUT2D eigenvalue weighted by atomic mass is 10.0. The van der Waals surface area contributed by atoms with Crippen LogP contribution in [-0.4, -0.2) is 38.5 Å². The van der Waals surface area contributed by atoms with Crippen LogP contribution in [0.4, 0.5) is 0 Å². The van der Waals surface area contributed by atoms with Crippen molar-refractivity contribution in [2.75, 3.05) is 7.11 Å². The van der Waals surface area contributed by atoms with Crippen molar-refractivity contribution < 1.29 is 9.53 Å². The van der Waals surface area contributed by atoms with Gasteiger partial charge in [0.25, 0.3) is 0 Å². The molecule has 0 aliphatic carbocycles. The zero-order chi connectivity index (χ0) is 21.3. The number of nitrogens with zero attached hydrogens (tertiary/aromatic N) is 5. The summed E-state index contributed by atoms with van der Waals surface area (Å²) in [5.74, 6) is 1.38. The lowest BCUT2D eigenvalue weighted by Crippen LogP contribution is -2.11. The van der Waals surface area contributed by atoms with Gasteiger partial charge in [0.1, 0.15) is 11.9 Å². The van der Waals surface area contributed by atoms with Gasteiger partial charge in [-0.3, -0.25) is 19.3 Å². The van der Waals surface area contributed by atoms with Gasteiger partial charge in [0.2, 0.25) is 0 Å². The molecule has 7 nitrogen and oxygen atoms in total. The van der Waals surface area contributed by atoms with E-state index < -0.39 is 0 Å². The van der Waals surface area contributed by atoms with Crippen LogP contribution < -0.4 is 0 Å². The second-order valence-electron chi connectivity index (χ2n) is 7.39. The summed E-state index contributed by atoms with van der Waals surface area (Å²) in [4.78, 5) is 21.4. The number of aromatic nitrogens is 4. The quantitative estimate of drug-likeness (QED) is 0.572. The van der Waals surface area contributed by atoms with Crippen LogP contribution in [0.15, 0.2) is 47.6 Å². The van der Waals surface area contributed by atoms with E-state index in [2.05, 4.69) is 29.0 Å². The summed E-state index contributed by atoms with van der Waals surface area (Å²) >= 11 is 6.37. The summed E-state index contributed by atoms with van der Waals surface area (Å²) < 4.78 is 6.87. The van der Waals surface area contributed by atoms with Crippen LogP contribution in [0.5, 0.6) is 0 Å². The van der Waals surface area contributed by atoms with E-state index in [4.69, 9.17) is 21.3 Å². The Bertz CT molecular complexity index is 1110. The zero-order valence-electron chi connectivity index (χ0n) is 17.0. The van der Waals surface area contributed by atoms with Crippen molar-refractivity contribution in [3.8, 4) is 5.69 Å². The minimum absolute atomic E-state index is 0.146. The number of methoxy groups -OCH3 is 1. The summed E-state index contributed by atoms with van der Waals surface area (Å²) in [6.07, 6.45) is 2.40. The Labute approximate surface area is 179 Å². The highest BCUT2D eigenvalue weighted by molar-refractivity contribution is 6.31. The smallest absolute Gasteiger partial charge is 0.305 e. The maximum Gasteiger partial charge on any atom is 0.305 e. The molecule has 0 saturated heterocycles. The average molecular weight is 424 g/mol. The molecule has 1 aromatic carbocycles. The number of halogens is 1. The first kappa shape index (κ1) is 20.2. The number of pyridine rings is 1. The number of carbonyl (C=O) groups is 1. The second-order valence-corrected chi connectivity index (χ2v) is 7.83. The highest BCUT2D eigenvalue weighted by Crippen LogP contribution is 2.35. The summed E-state index contributed by atoms with van der Waals surface area (Å²) in [5, 5.41) is 9.51. The van der Waals surface area contributed by atoms with E-state index in [0.29, 0.717) is 23.0 Å². The molecule has 2 aromatic heterocycles. The molecule has 0 bridgehead atoms. The minimum atomic E-state index is -0.382. The van der Waals surface area contributed by atoms with Crippen molar-refractivity contribution in [3.63, 3.8) is 0 Å². The van der Waals surface area contributed by atoms with Crippen LogP contribution in [0.1, 0.15) is 61.6 Å². The molecule has 0 fully saturated rings. The van der Waals surface area contributed by atoms with Crippen molar-refractivity contribution in [1.82, 2.24) is 19.7 Å². The molecule has 154 valence electrons. The van der Waals surface area contributed by atoms with Crippen molar-refractivity contribution in [3.05, 3.63) is 70.5 Å². The first-order valence-electron chi connectivity index (χ1n) is 9.81. The molecule has 30 heavy (non-hydrogen) atoms. The van der Waals surface area contributed by atoms with Gasteiger partial charge in [-0.25, -0.2) is 0 Å². The molecule has 1 atom stereocenters. The Balaban J connectivity index is 1.96. The van der Waals surface area contributed by atoms with Crippen LogP contribution in [0.25, 0.3) is 5.69 Å². The molecular weight excluding hydrogens is 402 g/mol. The number of fused-ring (bicyclic) bond motifs is 3. The zero-order valence-corrected chi connectivity index (χ0v) is 17.8. The third kappa shape index (κ3) is 3.73. The Morgan fingerprint density at radius 2 is 2.07 bits per heavy atom. The van der Waals surface area contributed by atoms with E-state index in [1.807, 2.05) is 41.0 Å². The minimum Gasteiger partial charge on any atom is -0.469 e. The number of benzene rings is 1. The van der Waals surface area contributed by atoms with E-state index >= 15 is 0 Å². The summed E-state index contributed by atoms with van der Waals surface area (Å²) in [5.41, 5.74) is 3.19. The fourth-order valence-corrected chi connectivity index (χ4v) is 3.75. The molecule has 0 amide bonds. The predicted octanol–water partition coefficient (Wildman–Crippen LogP) is 4.28. The standard InChI is InChI=1S/C22H22ClN5O2/c1-13(2)21-26-27-22-17(8-10-19(29)30-3)25-20(16-6-4-5-11-24-16)15-12-14(23)7-9-18(15)28(21)22/h4-7,9,11-13,17H,8,10H2,1-3H3. The molecule has 1 unspecified atom stereocenters. The van der Waals surface area contributed by atoms with Crippen LogP contribution in [-0.2, 0) is 9.53 Å². The molecule has 3 heterocycles. The first-order valence-corrected chi connectivity index (χ1v) is 10.2. The van der Waals surface area contributed by atoms with Crippen molar-refractivity contribution in [2.24, 2.45) is 4.99 Å². The Hall–Kier alpha value is -3.06. The third-order valence-corrected chi connectivity index (χ3v) is 5.26. The highest BCUT2D eigenvalue weighted by Gasteiger charge is 2.30. The third-order valence-electron chi connectivity index (χ3n) is 5.02. The molecule has 1 aliphatic heterocycles. The molecule has 0 saturated carbocycles. The molecule has 0 N–H and O–H groups in total. The average Bonchev–Trinajstić information content (AvgIpc) is 3.14. The Morgan fingerprint density at radius 1 is 1.23 bits per heavy atom. The van der Waals surface area contributed by atoms with E-state index in [-0.39, 0.29) is 24.3 Å². The normalized spacial score (nSPS) is 15.2. The van der Waals surface area contributed by atoms with E-state index in [9.17, 15) is 4.79 Å². The Morgan fingerprint density at radius 3 is 2.77 bits per heavy atom. The first-order chi connectivity index (χ1) is 14.5. The Kier molecular flexibility index (Phi) is 5.63. The van der Waals surface area contributed by atoms with Crippen LogP contribution in [0.2, 0.25) is 5.02 Å². The van der Waals surface area contributed by atoms with Crippen molar-refractivity contribution in [2.45, 2.75) is 38.6 Å².